The van der Waals surface area contributed by atoms with Gasteiger partial charge in [-0.05, 0) is 60.4 Å². The van der Waals surface area contributed by atoms with Gasteiger partial charge >= 0.3 is 0 Å². The summed E-state index contributed by atoms with van der Waals surface area (Å²) in [5.41, 5.74) is 3.10. The first-order valence-electron chi connectivity index (χ1n) is 11.2. The van der Waals surface area contributed by atoms with E-state index in [-0.39, 0.29) is 18.0 Å². The highest BCUT2D eigenvalue weighted by molar-refractivity contribution is 5.80. The van der Waals surface area contributed by atoms with E-state index in [1.54, 1.807) is 37.2 Å². The van der Waals surface area contributed by atoms with Crippen LogP contribution >= 0.6 is 0 Å². The number of aromatic nitrogens is 3. The topological polar surface area (TPSA) is 87.4 Å². The van der Waals surface area contributed by atoms with Gasteiger partial charge in [0.2, 0.25) is 5.91 Å². The number of aryl methyl sites for hydroxylation is 1. The van der Waals surface area contributed by atoms with Gasteiger partial charge in [0.1, 0.15) is 6.54 Å². The van der Waals surface area contributed by atoms with E-state index in [4.69, 9.17) is 9.47 Å². The van der Waals surface area contributed by atoms with Crippen molar-refractivity contribution < 1.29 is 14.3 Å². The summed E-state index contributed by atoms with van der Waals surface area (Å²) in [5, 5.41) is 3.42. The van der Waals surface area contributed by atoms with Crippen LogP contribution in [0.5, 0.6) is 11.5 Å². The molecule has 0 bridgehead atoms. The molecule has 0 radical (unpaired) electrons. The summed E-state index contributed by atoms with van der Waals surface area (Å²) in [6.45, 7) is 2.47. The maximum Gasteiger partial charge on any atom is 0.280 e. The molecule has 34 heavy (non-hydrogen) atoms. The molecule has 4 rings (SSSR count). The third-order valence-electron chi connectivity index (χ3n) is 5.74. The summed E-state index contributed by atoms with van der Waals surface area (Å²) >= 11 is 0. The maximum atomic E-state index is 13.2. The van der Waals surface area contributed by atoms with Crippen molar-refractivity contribution in [2.45, 2.75) is 26.3 Å². The number of fused-ring (bicyclic) bond motifs is 1. The minimum absolute atomic E-state index is 0.0297. The Morgan fingerprint density at radius 2 is 1.82 bits per heavy atom. The van der Waals surface area contributed by atoms with Crippen molar-refractivity contribution in [3.05, 3.63) is 82.3 Å². The maximum absolute atomic E-state index is 13.2. The Bertz CT molecular complexity index is 1370. The Morgan fingerprint density at radius 3 is 2.59 bits per heavy atom. The van der Waals surface area contributed by atoms with Crippen LogP contribution in [0, 0.1) is 0 Å². The molecule has 1 N–H and O–H groups in total. The fourth-order valence-corrected chi connectivity index (χ4v) is 3.97. The number of amides is 1. The standard InChI is InChI=1S/C26H28N4O4/c1-4-18-7-5-8-20(15-18)30-26(32)21-9-6-13-28-25(21)29(30)17-24(31)27-14-12-19-10-11-22(33-2)23(16-19)34-3/h5-11,13,15-16H,4,12,14,17H2,1-3H3,(H,27,31). The molecule has 0 aliphatic carbocycles. The minimum atomic E-state index is -0.205. The third kappa shape index (κ3) is 4.66. The summed E-state index contributed by atoms with van der Waals surface area (Å²) < 4.78 is 13.8. The molecule has 0 unspecified atom stereocenters. The number of ether oxygens (including phenoxy) is 2. The van der Waals surface area contributed by atoms with E-state index < -0.39 is 0 Å². The molecule has 4 aromatic rings. The minimum Gasteiger partial charge on any atom is -0.493 e. The van der Waals surface area contributed by atoms with E-state index in [9.17, 15) is 9.59 Å². The number of nitrogens with zero attached hydrogens (tertiary/aromatic N) is 3. The summed E-state index contributed by atoms with van der Waals surface area (Å²) in [7, 11) is 3.18. The number of rotatable bonds is 9. The molecule has 176 valence electrons. The molecule has 0 aliphatic rings. The number of hydrogen-bond acceptors (Lipinski definition) is 5. The molecule has 1 amide bonds. The lowest BCUT2D eigenvalue weighted by molar-refractivity contribution is -0.121. The molecule has 8 nitrogen and oxygen atoms in total. The van der Waals surface area contributed by atoms with Crippen molar-refractivity contribution in [3.8, 4) is 17.2 Å². The lowest BCUT2D eigenvalue weighted by atomic mass is 10.1. The number of methoxy groups -OCH3 is 2. The summed E-state index contributed by atoms with van der Waals surface area (Å²) in [6.07, 6.45) is 3.10. The lowest BCUT2D eigenvalue weighted by Gasteiger charge is -2.13. The van der Waals surface area contributed by atoms with Gasteiger partial charge in [0.25, 0.3) is 5.56 Å². The number of hydrogen-bond donors (Lipinski definition) is 1. The van der Waals surface area contributed by atoms with Gasteiger partial charge in [-0.25, -0.2) is 9.67 Å². The molecule has 0 aliphatic heterocycles. The van der Waals surface area contributed by atoms with Crippen LogP contribution in [0.2, 0.25) is 0 Å². The first kappa shape index (κ1) is 23.1. The fourth-order valence-electron chi connectivity index (χ4n) is 3.97. The third-order valence-corrected chi connectivity index (χ3v) is 5.74. The number of pyridine rings is 1. The Morgan fingerprint density at radius 1 is 1.00 bits per heavy atom. The van der Waals surface area contributed by atoms with Crippen LogP contribution < -0.4 is 20.3 Å². The Kier molecular flexibility index (Phi) is 6.96. The van der Waals surface area contributed by atoms with Gasteiger partial charge in [-0.2, -0.15) is 0 Å². The summed E-state index contributed by atoms with van der Waals surface area (Å²) in [4.78, 5) is 30.4. The smallest absolute Gasteiger partial charge is 0.280 e. The Hall–Kier alpha value is -4.07. The van der Waals surface area contributed by atoms with Crippen molar-refractivity contribution in [2.24, 2.45) is 0 Å². The monoisotopic (exact) mass is 460 g/mol. The number of nitrogens with one attached hydrogen (secondary N) is 1. The molecule has 2 heterocycles. The number of carbonyl (C=O) groups excluding carboxylic acids is 1. The van der Waals surface area contributed by atoms with E-state index in [1.165, 1.54) is 4.68 Å². The number of carbonyl (C=O) groups is 1. The van der Waals surface area contributed by atoms with E-state index in [1.807, 2.05) is 42.5 Å². The van der Waals surface area contributed by atoms with Crippen molar-refractivity contribution >= 4 is 16.9 Å². The van der Waals surface area contributed by atoms with Crippen LogP contribution in [0.4, 0.5) is 0 Å². The zero-order valence-corrected chi connectivity index (χ0v) is 19.6. The highest BCUT2D eigenvalue weighted by atomic mass is 16.5. The zero-order valence-electron chi connectivity index (χ0n) is 19.6. The van der Waals surface area contributed by atoms with Crippen molar-refractivity contribution in [2.75, 3.05) is 20.8 Å². The van der Waals surface area contributed by atoms with Gasteiger partial charge < -0.3 is 14.8 Å². The van der Waals surface area contributed by atoms with Crippen molar-refractivity contribution in [3.63, 3.8) is 0 Å². The molecule has 0 fully saturated rings. The zero-order chi connectivity index (χ0) is 24.1. The summed E-state index contributed by atoms with van der Waals surface area (Å²) in [6, 6.07) is 16.9. The Labute approximate surface area is 197 Å². The van der Waals surface area contributed by atoms with Gasteiger partial charge in [-0.1, -0.05) is 25.1 Å². The van der Waals surface area contributed by atoms with Crippen LogP contribution in [-0.2, 0) is 24.2 Å². The van der Waals surface area contributed by atoms with E-state index in [0.29, 0.717) is 41.2 Å². The molecule has 0 saturated carbocycles. The second kappa shape index (κ2) is 10.2. The summed E-state index contributed by atoms with van der Waals surface area (Å²) in [5.74, 6) is 1.10. The van der Waals surface area contributed by atoms with Gasteiger partial charge in [0.05, 0.1) is 25.3 Å². The molecular formula is C26H28N4O4. The highest BCUT2D eigenvalue weighted by Gasteiger charge is 2.18. The van der Waals surface area contributed by atoms with Gasteiger partial charge in [-0.15, -0.1) is 0 Å². The molecule has 8 heteroatoms. The van der Waals surface area contributed by atoms with Gasteiger partial charge in [0, 0.05) is 12.7 Å². The molecule has 0 saturated heterocycles. The van der Waals surface area contributed by atoms with Crippen molar-refractivity contribution in [1.82, 2.24) is 19.7 Å². The van der Waals surface area contributed by atoms with Crippen molar-refractivity contribution in [1.29, 1.82) is 0 Å². The highest BCUT2D eigenvalue weighted by Crippen LogP contribution is 2.27. The first-order chi connectivity index (χ1) is 16.5. The molecule has 2 aromatic carbocycles. The number of benzene rings is 2. The van der Waals surface area contributed by atoms with Crippen LogP contribution in [0.15, 0.2) is 65.6 Å². The molecule has 0 atom stereocenters. The van der Waals surface area contributed by atoms with Crippen LogP contribution in [0.3, 0.4) is 0 Å². The second-order valence-electron chi connectivity index (χ2n) is 7.86. The molecule has 0 spiro atoms. The van der Waals surface area contributed by atoms with Crippen LogP contribution in [0.1, 0.15) is 18.1 Å². The molecule has 2 aromatic heterocycles. The van der Waals surface area contributed by atoms with E-state index in [0.717, 1.165) is 17.5 Å². The van der Waals surface area contributed by atoms with Gasteiger partial charge in [0.15, 0.2) is 17.1 Å². The predicted octanol–water partition coefficient (Wildman–Crippen LogP) is 3.13. The van der Waals surface area contributed by atoms with E-state index >= 15 is 0 Å². The quantitative estimate of drug-likeness (QED) is 0.415. The molecular weight excluding hydrogens is 432 g/mol. The van der Waals surface area contributed by atoms with Gasteiger partial charge in [-0.3, -0.25) is 14.3 Å². The predicted molar refractivity (Wildman–Crippen MR) is 131 cm³/mol. The fraction of sp³-hybridized carbons (Fsp3) is 0.269. The van der Waals surface area contributed by atoms with Crippen LogP contribution in [0.25, 0.3) is 16.7 Å². The average molecular weight is 461 g/mol. The normalized spacial score (nSPS) is 10.9. The Balaban J connectivity index is 1.55. The lowest BCUT2D eigenvalue weighted by Crippen LogP contribution is -2.32. The van der Waals surface area contributed by atoms with E-state index in [2.05, 4.69) is 17.2 Å². The SMILES string of the molecule is CCc1cccc(-n2c(=O)c3cccnc3n2CC(=O)NCCc2ccc(OC)c(OC)c2)c1. The largest absolute Gasteiger partial charge is 0.493 e. The van der Waals surface area contributed by atoms with Crippen LogP contribution in [-0.4, -0.2) is 41.0 Å². The first-order valence-corrected chi connectivity index (χ1v) is 11.2. The second-order valence-corrected chi connectivity index (χ2v) is 7.86. The average Bonchev–Trinajstić information content (AvgIpc) is 3.15.